The maximum absolute atomic E-state index is 13.6. The second-order valence-corrected chi connectivity index (χ2v) is 11.5. The zero-order chi connectivity index (χ0) is 25.8. The van der Waals surface area contributed by atoms with Crippen LogP contribution in [0.3, 0.4) is 0 Å². The van der Waals surface area contributed by atoms with Crippen LogP contribution < -0.4 is 0 Å². The number of esters is 2. The number of aliphatic hydroxyl groups is 1. The first-order chi connectivity index (χ1) is 16.4. The molecule has 4 aliphatic rings. The molecule has 0 spiro atoms. The van der Waals surface area contributed by atoms with Crippen LogP contribution in [0.1, 0.15) is 73.1 Å². The van der Waals surface area contributed by atoms with Crippen LogP contribution in [-0.4, -0.2) is 46.9 Å². The molecular formula is C28H38O7. The zero-order valence-corrected chi connectivity index (χ0v) is 21.5. The molecule has 0 amide bonds. The lowest BCUT2D eigenvalue weighted by Crippen LogP contribution is -2.63. The van der Waals surface area contributed by atoms with E-state index in [1.165, 1.54) is 6.92 Å². The van der Waals surface area contributed by atoms with Crippen molar-refractivity contribution in [2.75, 3.05) is 6.61 Å². The molecule has 0 saturated heterocycles. The Kier molecular flexibility index (Phi) is 6.62. The molecule has 3 fully saturated rings. The third kappa shape index (κ3) is 3.90. The van der Waals surface area contributed by atoms with Gasteiger partial charge in [0.2, 0.25) is 5.78 Å². The molecule has 2 unspecified atom stereocenters. The Hall–Kier alpha value is -2.28. The normalized spacial score (nSPS) is 41.8. The van der Waals surface area contributed by atoms with E-state index in [4.69, 9.17) is 9.47 Å². The van der Waals surface area contributed by atoms with Crippen molar-refractivity contribution in [2.24, 2.45) is 34.5 Å². The summed E-state index contributed by atoms with van der Waals surface area (Å²) in [6.45, 7) is 8.87. The van der Waals surface area contributed by atoms with E-state index >= 15 is 0 Å². The number of hydrogen-bond donors (Lipinski definition) is 1. The summed E-state index contributed by atoms with van der Waals surface area (Å²) in [7, 11) is 0. The van der Waals surface area contributed by atoms with Gasteiger partial charge >= 0.3 is 11.9 Å². The summed E-state index contributed by atoms with van der Waals surface area (Å²) in [5, 5.41) is 11.7. The monoisotopic (exact) mass is 486 g/mol. The van der Waals surface area contributed by atoms with Crippen molar-refractivity contribution < 1.29 is 33.8 Å². The van der Waals surface area contributed by atoms with Crippen LogP contribution >= 0.6 is 0 Å². The molecular weight excluding hydrogens is 448 g/mol. The summed E-state index contributed by atoms with van der Waals surface area (Å²) >= 11 is 0. The van der Waals surface area contributed by atoms with Crippen molar-refractivity contribution in [3.8, 4) is 0 Å². The topological polar surface area (TPSA) is 107 Å². The SMILES string of the molecule is CCCC(=O)O[C@]1(C(=O)COC(C)=O)CC[C@H]2[C@@H]3CC(C)C4=CC(=O)C=C[C@]4(C)[C@H]3C(O)C[C@@]21C. The summed E-state index contributed by atoms with van der Waals surface area (Å²) in [5.74, 6) is -1.25. The average Bonchev–Trinajstić information content (AvgIpc) is 3.05. The molecule has 7 heteroatoms. The van der Waals surface area contributed by atoms with Gasteiger partial charge in [-0.1, -0.05) is 39.3 Å². The number of ketones is 2. The van der Waals surface area contributed by atoms with Gasteiger partial charge in [-0.05, 0) is 62.0 Å². The van der Waals surface area contributed by atoms with Crippen LogP contribution in [0.25, 0.3) is 0 Å². The molecule has 0 bridgehead atoms. The highest BCUT2D eigenvalue weighted by atomic mass is 16.6. The fraction of sp³-hybridized carbons (Fsp3) is 0.714. The molecule has 0 aromatic heterocycles. The standard InChI is InChI=1S/C28H38O7/c1-6-7-24(33)35-28(23(32)15-34-17(3)29)11-9-20-19-12-16(2)21-13-18(30)8-10-26(21,4)25(19)22(31)14-27(20,28)5/h8,10,13,16,19-20,22,25,31H,6-7,9,11-12,14-15H2,1-5H3/t16?,19-,20-,22?,25+,26-,27-,28-/m0/s1. The number of allylic oxidation sites excluding steroid dienone is 4. The van der Waals surface area contributed by atoms with E-state index in [0.717, 1.165) is 12.0 Å². The van der Waals surface area contributed by atoms with Gasteiger partial charge in [-0.15, -0.1) is 0 Å². The van der Waals surface area contributed by atoms with Crippen LogP contribution in [0.2, 0.25) is 0 Å². The summed E-state index contributed by atoms with van der Waals surface area (Å²) < 4.78 is 11.1. The summed E-state index contributed by atoms with van der Waals surface area (Å²) in [6.07, 6.45) is 7.45. The highest BCUT2D eigenvalue weighted by Gasteiger charge is 2.70. The number of carbonyl (C=O) groups excluding carboxylic acids is 4. The third-order valence-corrected chi connectivity index (χ3v) is 9.54. The lowest BCUT2D eigenvalue weighted by Gasteiger charge is -2.61. The van der Waals surface area contributed by atoms with E-state index in [2.05, 4.69) is 13.8 Å². The predicted molar refractivity (Wildman–Crippen MR) is 128 cm³/mol. The molecule has 7 nitrogen and oxygen atoms in total. The fourth-order valence-corrected chi connectivity index (χ4v) is 8.15. The van der Waals surface area contributed by atoms with Crippen molar-refractivity contribution in [2.45, 2.75) is 84.8 Å². The number of ether oxygens (including phenoxy) is 2. The minimum absolute atomic E-state index is 0.0169. The second kappa shape index (κ2) is 8.99. The Morgan fingerprint density at radius 1 is 1.23 bits per heavy atom. The van der Waals surface area contributed by atoms with Crippen LogP contribution in [-0.2, 0) is 28.7 Å². The predicted octanol–water partition coefficient (Wildman–Crippen LogP) is 3.73. The van der Waals surface area contributed by atoms with Gasteiger partial charge < -0.3 is 14.6 Å². The van der Waals surface area contributed by atoms with Gasteiger partial charge in [0, 0.05) is 30.1 Å². The van der Waals surface area contributed by atoms with E-state index in [1.54, 1.807) is 12.2 Å². The van der Waals surface area contributed by atoms with Crippen LogP contribution in [0.15, 0.2) is 23.8 Å². The van der Waals surface area contributed by atoms with Crippen molar-refractivity contribution in [3.05, 3.63) is 23.8 Å². The number of fused-ring (bicyclic) bond motifs is 5. The van der Waals surface area contributed by atoms with Gasteiger partial charge in [-0.25, -0.2) is 0 Å². The molecule has 3 saturated carbocycles. The van der Waals surface area contributed by atoms with Crippen LogP contribution in [0.5, 0.6) is 0 Å². The molecule has 8 atom stereocenters. The molecule has 4 aliphatic carbocycles. The number of hydrogen-bond acceptors (Lipinski definition) is 7. The first-order valence-corrected chi connectivity index (χ1v) is 12.9. The van der Waals surface area contributed by atoms with E-state index in [0.29, 0.717) is 25.7 Å². The molecule has 0 radical (unpaired) electrons. The number of carbonyl (C=O) groups is 4. The zero-order valence-electron chi connectivity index (χ0n) is 21.5. The Balaban J connectivity index is 1.75. The van der Waals surface area contributed by atoms with Crippen LogP contribution in [0, 0.1) is 34.5 Å². The average molecular weight is 487 g/mol. The Morgan fingerprint density at radius 2 is 1.94 bits per heavy atom. The minimum atomic E-state index is -1.44. The maximum atomic E-state index is 13.6. The highest BCUT2D eigenvalue weighted by Crippen LogP contribution is 2.68. The minimum Gasteiger partial charge on any atom is -0.458 e. The Morgan fingerprint density at radius 3 is 2.60 bits per heavy atom. The molecule has 35 heavy (non-hydrogen) atoms. The molecule has 1 N–H and O–H groups in total. The van der Waals surface area contributed by atoms with E-state index in [9.17, 15) is 24.3 Å². The fourth-order valence-electron chi connectivity index (χ4n) is 8.15. The van der Waals surface area contributed by atoms with E-state index in [1.807, 2.05) is 19.9 Å². The van der Waals surface area contributed by atoms with Gasteiger partial charge in [0.05, 0.1) is 6.10 Å². The third-order valence-electron chi connectivity index (χ3n) is 9.54. The second-order valence-electron chi connectivity index (χ2n) is 11.5. The largest absolute Gasteiger partial charge is 0.458 e. The van der Waals surface area contributed by atoms with E-state index < -0.39 is 46.9 Å². The Labute approximate surface area is 207 Å². The molecule has 0 aromatic carbocycles. The molecule has 0 aliphatic heterocycles. The quantitative estimate of drug-likeness (QED) is 0.570. The molecule has 0 aromatic rings. The number of rotatable bonds is 6. The summed E-state index contributed by atoms with van der Waals surface area (Å²) in [4.78, 5) is 50.0. The van der Waals surface area contributed by atoms with E-state index in [-0.39, 0.29) is 35.9 Å². The van der Waals surface area contributed by atoms with Crippen molar-refractivity contribution in [3.63, 3.8) is 0 Å². The Bertz CT molecular complexity index is 995. The highest BCUT2D eigenvalue weighted by molar-refractivity contribution is 6.01. The number of Topliss-reactive ketones (excluding diaryl/α,β-unsaturated/α-hetero) is 1. The van der Waals surface area contributed by atoms with Gasteiger partial charge in [0.15, 0.2) is 18.0 Å². The smallest absolute Gasteiger partial charge is 0.306 e. The summed E-state index contributed by atoms with van der Waals surface area (Å²) in [5.41, 5.74) is -1.61. The lowest BCUT2D eigenvalue weighted by atomic mass is 9.44. The summed E-state index contributed by atoms with van der Waals surface area (Å²) in [6, 6.07) is 0. The first kappa shape index (κ1) is 25.8. The van der Waals surface area contributed by atoms with Gasteiger partial charge in [0.25, 0.3) is 0 Å². The molecule has 4 rings (SSSR count). The number of aliphatic hydroxyl groups excluding tert-OH is 1. The molecule has 192 valence electrons. The van der Waals surface area contributed by atoms with Crippen LogP contribution in [0.4, 0.5) is 0 Å². The molecule has 0 heterocycles. The maximum Gasteiger partial charge on any atom is 0.306 e. The van der Waals surface area contributed by atoms with Crippen molar-refractivity contribution >= 4 is 23.5 Å². The van der Waals surface area contributed by atoms with Gasteiger partial charge in [-0.3, -0.25) is 19.2 Å². The first-order valence-electron chi connectivity index (χ1n) is 12.9. The van der Waals surface area contributed by atoms with Gasteiger partial charge in [0.1, 0.15) is 0 Å². The van der Waals surface area contributed by atoms with Crippen molar-refractivity contribution in [1.82, 2.24) is 0 Å². The lowest BCUT2D eigenvalue weighted by molar-refractivity contribution is -0.202. The van der Waals surface area contributed by atoms with Crippen molar-refractivity contribution in [1.29, 1.82) is 0 Å². The van der Waals surface area contributed by atoms with Gasteiger partial charge in [-0.2, -0.15) is 0 Å².